The van der Waals surface area contributed by atoms with Crippen LogP contribution in [0.15, 0.2) is 54.9 Å². The SMILES string of the molecule is FC(F)(F)Oc1ccc(CCNc2ncnc3ccccc23)cc1. The summed E-state index contributed by atoms with van der Waals surface area (Å²) >= 11 is 0. The van der Waals surface area contributed by atoms with Crippen LogP contribution in [0.25, 0.3) is 10.9 Å². The molecule has 0 aliphatic heterocycles. The molecule has 0 amide bonds. The van der Waals surface area contributed by atoms with Crippen molar-refractivity contribution < 1.29 is 17.9 Å². The first-order valence-corrected chi connectivity index (χ1v) is 7.29. The van der Waals surface area contributed by atoms with E-state index in [0.29, 0.717) is 13.0 Å². The summed E-state index contributed by atoms with van der Waals surface area (Å²) in [5, 5.41) is 4.15. The maximum Gasteiger partial charge on any atom is 0.573 e. The normalized spacial score (nSPS) is 11.5. The molecule has 0 unspecified atom stereocenters. The van der Waals surface area contributed by atoms with Crippen molar-refractivity contribution in [2.75, 3.05) is 11.9 Å². The molecule has 24 heavy (non-hydrogen) atoms. The summed E-state index contributed by atoms with van der Waals surface area (Å²) in [4.78, 5) is 8.42. The lowest BCUT2D eigenvalue weighted by Gasteiger charge is -2.10. The average molecular weight is 333 g/mol. The topological polar surface area (TPSA) is 47.0 Å². The van der Waals surface area contributed by atoms with Gasteiger partial charge >= 0.3 is 6.36 Å². The Morgan fingerprint density at radius 3 is 2.46 bits per heavy atom. The molecule has 0 aliphatic carbocycles. The molecule has 0 atom stereocenters. The van der Waals surface area contributed by atoms with Crippen molar-refractivity contribution in [3.63, 3.8) is 0 Å². The van der Waals surface area contributed by atoms with Crippen molar-refractivity contribution in [2.24, 2.45) is 0 Å². The number of para-hydroxylation sites is 1. The van der Waals surface area contributed by atoms with Crippen LogP contribution in [-0.4, -0.2) is 22.9 Å². The van der Waals surface area contributed by atoms with Crippen molar-refractivity contribution in [3.8, 4) is 5.75 Å². The van der Waals surface area contributed by atoms with Crippen LogP contribution in [0.4, 0.5) is 19.0 Å². The van der Waals surface area contributed by atoms with Gasteiger partial charge in [-0.2, -0.15) is 0 Å². The Kier molecular flexibility index (Phi) is 4.50. The molecule has 0 saturated heterocycles. The average Bonchev–Trinajstić information content (AvgIpc) is 2.55. The summed E-state index contributed by atoms with van der Waals surface area (Å²) < 4.78 is 40.2. The Bertz CT molecular complexity index is 814. The van der Waals surface area contributed by atoms with E-state index in [1.54, 1.807) is 12.1 Å². The number of rotatable bonds is 5. The molecular formula is C17H14F3N3O. The third-order valence-corrected chi connectivity index (χ3v) is 3.41. The molecule has 0 aliphatic rings. The zero-order chi connectivity index (χ0) is 17.0. The van der Waals surface area contributed by atoms with Crippen LogP contribution >= 0.6 is 0 Å². The molecule has 0 fully saturated rings. The second-order valence-electron chi connectivity index (χ2n) is 5.11. The summed E-state index contributed by atoms with van der Waals surface area (Å²) in [5.74, 6) is 0.513. The number of alkyl halides is 3. The first kappa shape index (κ1) is 16.0. The fourth-order valence-corrected chi connectivity index (χ4v) is 2.33. The summed E-state index contributed by atoms with van der Waals surface area (Å²) in [6.07, 6.45) is -2.53. The van der Waals surface area contributed by atoms with E-state index in [-0.39, 0.29) is 5.75 Å². The van der Waals surface area contributed by atoms with Gasteiger partial charge in [-0.1, -0.05) is 24.3 Å². The smallest absolute Gasteiger partial charge is 0.406 e. The third-order valence-electron chi connectivity index (χ3n) is 3.41. The quantitative estimate of drug-likeness (QED) is 0.761. The number of halogens is 3. The van der Waals surface area contributed by atoms with Gasteiger partial charge in [0, 0.05) is 11.9 Å². The van der Waals surface area contributed by atoms with E-state index in [1.165, 1.54) is 18.5 Å². The Labute approximate surface area is 136 Å². The Morgan fingerprint density at radius 1 is 0.958 bits per heavy atom. The summed E-state index contributed by atoms with van der Waals surface area (Å²) in [6.45, 7) is 0.598. The third kappa shape index (κ3) is 4.13. The van der Waals surface area contributed by atoms with Gasteiger partial charge < -0.3 is 10.1 Å². The number of hydrogen-bond donors (Lipinski definition) is 1. The van der Waals surface area contributed by atoms with Crippen molar-refractivity contribution in [1.29, 1.82) is 0 Å². The number of nitrogens with zero attached hydrogens (tertiary/aromatic N) is 2. The highest BCUT2D eigenvalue weighted by molar-refractivity contribution is 5.88. The molecule has 3 rings (SSSR count). The lowest BCUT2D eigenvalue weighted by Crippen LogP contribution is -2.17. The Morgan fingerprint density at radius 2 is 1.71 bits per heavy atom. The van der Waals surface area contributed by atoms with Crippen molar-refractivity contribution in [2.45, 2.75) is 12.8 Å². The van der Waals surface area contributed by atoms with E-state index in [2.05, 4.69) is 20.0 Å². The number of nitrogens with one attached hydrogen (secondary N) is 1. The fourth-order valence-electron chi connectivity index (χ4n) is 2.33. The fraction of sp³-hybridized carbons (Fsp3) is 0.176. The van der Waals surface area contributed by atoms with Gasteiger partial charge in [0.25, 0.3) is 0 Å². The highest BCUT2D eigenvalue weighted by atomic mass is 19.4. The number of anilines is 1. The van der Waals surface area contributed by atoms with Crippen LogP contribution in [0.3, 0.4) is 0 Å². The van der Waals surface area contributed by atoms with Gasteiger partial charge in [-0.15, -0.1) is 13.2 Å². The van der Waals surface area contributed by atoms with Crippen LogP contribution in [0.2, 0.25) is 0 Å². The first-order valence-electron chi connectivity index (χ1n) is 7.29. The van der Waals surface area contributed by atoms with Gasteiger partial charge in [-0.05, 0) is 36.2 Å². The molecule has 0 bridgehead atoms. The lowest BCUT2D eigenvalue weighted by atomic mass is 10.1. The number of fused-ring (bicyclic) bond motifs is 1. The standard InChI is InChI=1S/C17H14F3N3O/c18-17(19,20)24-13-7-5-12(6-8-13)9-10-21-16-14-3-1-2-4-15(14)22-11-23-16/h1-8,11H,9-10H2,(H,21,22,23). The van der Waals surface area contributed by atoms with Crippen molar-refractivity contribution in [3.05, 3.63) is 60.4 Å². The second kappa shape index (κ2) is 6.74. The van der Waals surface area contributed by atoms with Gasteiger partial charge in [0.15, 0.2) is 0 Å². The van der Waals surface area contributed by atoms with Crippen molar-refractivity contribution >= 4 is 16.7 Å². The summed E-state index contributed by atoms with van der Waals surface area (Å²) in [6, 6.07) is 13.5. The van der Waals surface area contributed by atoms with Gasteiger partial charge in [0.05, 0.1) is 5.52 Å². The molecule has 0 radical (unpaired) electrons. The maximum absolute atomic E-state index is 12.1. The predicted octanol–water partition coefficient (Wildman–Crippen LogP) is 4.18. The van der Waals surface area contributed by atoms with Crippen LogP contribution < -0.4 is 10.1 Å². The molecule has 124 valence electrons. The van der Waals surface area contributed by atoms with Crippen LogP contribution in [-0.2, 0) is 6.42 Å². The van der Waals surface area contributed by atoms with E-state index in [9.17, 15) is 13.2 Å². The zero-order valence-corrected chi connectivity index (χ0v) is 12.5. The minimum absolute atomic E-state index is 0.221. The van der Waals surface area contributed by atoms with Crippen molar-refractivity contribution in [1.82, 2.24) is 9.97 Å². The molecule has 7 heteroatoms. The molecule has 1 heterocycles. The highest BCUT2D eigenvalue weighted by Gasteiger charge is 2.30. The van der Waals surface area contributed by atoms with Gasteiger partial charge in [-0.3, -0.25) is 0 Å². The summed E-state index contributed by atoms with van der Waals surface area (Å²) in [5.41, 5.74) is 1.75. The van der Waals surface area contributed by atoms with Gasteiger partial charge in [0.2, 0.25) is 0 Å². The molecule has 2 aromatic carbocycles. The van der Waals surface area contributed by atoms with Crippen LogP contribution in [0.1, 0.15) is 5.56 Å². The number of ether oxygens (including phenoxy) is 1. The minimum Gasteiger partial charge on any atom is -0.406 e. The molecule has 0 spiro atoms. The molecule has 1 aromatic heterocycles. The largest absolute Gasteiger partial charge is 0.573 e. The number of aromatic nitrogens is 2. The Balaban J connectivity index is 1.60. The van der Waals surface area contributed by atoms with E-state index in [4.69, 9.17) is 0 Å². The van der Waals surface area contributed by atoms with Crippen LogP contribution in [0, 0.1) is 0 Å². The lowest BCUT2D eigenvalue weighted by molar-refractivity contribution is -0.274. The molecule has 3 aromatic rings. The molecule has 4 nitrogen and oxygen atoms in total. The summed E-state index contributed by atoms with van der Waals surface area (Å²) in [7, 11) is 0. The van der Waals surface area contributed by atoms with Gasteiger partial charge in [0.1, 0.15) is 17.9 Å². The number of hydrogen-bond acceptors (Lipinski definition) is 4. The van der Waals surface area contributed by atoms with E-state index < -0.39 is 6.36 Å². The second-order valence-corrected chi connectivity index (χ2v) is 5.11. The minimum atomic E-state index is -4.67. The van der Waals surface area contributed by atoms with Crippen LogP contribution in [0.5, 0.6) is 5.75 Å². The molecule has 1 N–H and O–H groups in total. The zero-order valence-electron chi connectivity index (χ0n) is 12.5. The molecule has 0 saturated carbocycles. The highest BCUT2D eigenvalue weighted by Crippen LogP contribution is 2.23. The molecular weight excluding hydrogens is 319 g/mol. The maximum atomic E-state index is 12.1. The van der Waals surface area contributed by atoms with E-state index >= 15 is 0 Å². The Hall–Kier alpha value is -2.83. The van der Waals surface area contributed by atoms with E-state index in [0.717, 1.165) is 22.3 Å². The number of benzene rings is 2. The van der Waals surface area contributed by atoms with Gasteiger partial charge in [-0.25, -0.2) is 9.97 Å². The monoisotopic (exact) mass is 333 g/mol. The predicted molar refractivity (Wildman–Crippen MR) is 84.9 cm³/mol. The van der Waals surface area contributed by atoms with E-state index in [1.807, 2.05) is 24.3 Å². The first-order chi connectivity index (χ1) is 11.5.